The standard InChI is InChI=1S/C6H7O2/c1-4-8-6(7)5(2)3/h1,4H,2H2,3H3. The van der Waals surface area contributed by atoms with Crippen LogP contribution >= 0.6 is 0 Å². The van der Waals surface area contributed by atoms with E-state index in [1.54, 1.807) is 6.92 Å². The highest BCUT2D eigenvalue weighted by Crippen LogP contribution is 1.90. The van der Waals surface area contributed by atoms with E-state index >= 15 is 0 Å². The summed E-state index contributed by atoms with van der Waals surface area (Å²) >= 11 is 0. The van der Waals surface area contributed by atoms with Crippen molar-refractivity contribution < 1.29 is 9.53 Å². The van der Waals surface area contributed by atoms with Gasteiger partial charge in [-0.25, -0.2) is 4.79 Å². The number of carbonyl (C=O) groups is 1. The minimum atomic E-state index is -0.493. The molecule has 0 heterocycles. The number of carbonyl (C=O) groups excluding carboxylic acids is 1. The third-order valence-electron chi connectivity index (χ3n) is 0.524. The summed E-state index contributed by atoms with van der Waals surface area (Å²) in [5.41, 5.74) is 0.340. The fourth-order valence-electron chi connectivity index (χ4n) is 0.162. The summed E-state index contributed by atoms with van der Waals surface area (Å²) in [7, 11) is 0. The minimum Gasteiger partial charge on any atom is -0.431 e. The van der Waals surface area contributed by atoms with Gasteiger partial charge < -0.3 is 4.74 Å². The Balaban J connectivity index is 3.65. The molecule has 0 rings (SSSR count). The van der Waals surface area contributed by atoms with Gasteiger partial charge in [0.15, 0.2) is 0 Å². The second-order valence-corrected chi connectivity index (χ2v) is 1.32. The van der Waals surface area contributed by atoms with Crippen LogP contribution in [0.15, 0.2) is 18.4 Å². The third-order valence-corrected chi connectivity index (χ3v) is 0.524. The molecule has 2 nitrogen and oxygen atoms in total. The van der Waals surface area contributed by atoms with Gasteiger partial charge in [-0.3, -0.25) is 0 Å². The van der Waals surface area contributed by atoms with E-state index in [2.05, 4.69) is 11.3 Å². The number of hydrogen-bond acceptors (Lipinski definition) is 2. The van der Waals surface area contributed by atoms with Gasteiger partial charge >= 0.3 is 5.97 Å². The first kappa shape index (κ1) is 6.95. The lowest BCUT2D eigenvalue weighted by molar-refractivity contribution is -0.133. The number of ether oxygens (including phenoxy) is 1. The van der Waals surface area contributed by atoms with Crippen molar-refractivity contribution in [1.29, 1.82) is 0 Å². The van der Waals surface area contributed by atoms with E-state index in [-0.39, 0.29) is 0 Å². The lowest BCUT2D eigenvalue weighted by Crippen LogP contribution is -1.98. The van der Waals surface area contributed by atoms with Crippen LogP contribution in [0.3, 0.4) is 0 Å². The SMILES string of the molecule is [CH]=COC(=O)C(=C)C. The van der Waals surface area contributed by atoms with Crippen LogP contribution in [0.4, 0.5) is 0 Å². The largest absolute Gasteiger partial charge is 0.431 e. The molecule has 0 aromatic carbocycles. The molecule has 43 valence electrons. The topological polar surface area (TPSA) is 26.3 Å². The molecule has 0 amide bonds. The van der Waals surface area contributed by atoms with Gasteiger partial charge in [0, 0.05) is 5.57 Å². The zero-order valence-electron chi connectivity index (χ0n) is 4.68. The molecule has 0 atom stereocenters. The quantitative estimate of drug-likeness (QED) is 0.302. The molecule has 0 fully saturated rings. The molecule has 0 spiro atoms. The van der Waals surface area contributed by atoms with Crippen LogP contribution in [0.2, 0.25) is 0 Å². The maximum absolute atomic E-state index is 10.3. The van der Waals surface area contributed by atoms with Gasteiger partial charge in [0.25, 0.3) is 0 Å². The van der Waals surface area contributed by atoms with Crippen molar-refractivity contribution in [3.8, 4) is 0 Å². The van der Waals surface area contributed by atoms with Crippen LogP contribution < -0.4 is 0 Å². The van der Waals surface area contributed by atoms with Crippen molar-refractivity contribution in [1.82, 2.24) is 0 Å². The normalized spacial score (nSPS) is 7.62. The molecule has 0 N–H and O–H groups in total. The van der Waals surface area contributed by atoms with E-state index in [9.17, 15) is 4.79 Å². The zero-order chi connectivity index (χ0) is 6.57. The van der Waals surface area contributed by atoms with Crippen LogP contribution in [0, 0.1) is 6.58 Å². The van der Waals surface area contributed by atoms with Crippen molar-refractivity contribution in [3.63, 3.8) is 0 Å². The predicted octanol–water partition coefficient (Wildman–Crippen LogP) is 1.05. The lowest BCUT2D eigenvalue weighted by Gasteiger charge is -1.92. The highest BCUT2D eigenvalue weighted by Gasteiger charge is 1.97. The Labute approximate surface area is 48.5 Å². The van der Waals surface area contributed by atoms with Gasteiger partial charge in [-0.1, -0.05) is 6.58 Å². The maximum Gasteiger partial charge on any atom is 0.337 e. The first-order valence-electron chi connectivity index (χ1n) is 2.08. The Morgan fingerprint density at radius 2 is 2.38 bits per heavy atom. The Hall–Kier alpha value is -1.05. The van der Waals surface area contributed by atoms with Crippen LogP contribution in [-0.4, -0.2) is 5.97 Å². The van der Waals surface area contributed by atoms with Gasteiger partial charge in [-0.15, -0.1) is 0 Å². The first-order chi connectivity index (χ1) is 3.68. The number of rotatable bonds is 2. The molecule has 8 heavy (non-hydrogen) atoms. The average Bonchev–Trinajstić information content (AvgIpc) is 1.67. The van der Waals surface area contributed by atoms with Crippen molar-refractivity contribution in [2.45, 2.75) is 6.92 Å². The molecule has 0 aromatic heterocycles. The summed E-state index contributed by atoms with van der Waals surface area (Å²) < 4.78 is 4.22. The van der Waals surface area contributed by atoms with E-state index in [1.165, 1.54) is 0 Å². The minimum absolute atomic E-state index is 0.340. The number of esters is 1. The number of hydrogen-bond donors (Lipinski definition) is 0. The van der Waals surface area contributed by atoms with E-state index in [0.717, 1.165) is 6.26 Å². The van der Waals surface area contributed by atoms with Gasteiger partial charge in [0.2, 0.25) is 0 Å². The summed E-state index contributed by atoms with van der Waals surface area (Å²) in [5, 5.41) is 0. The van der Waals surface area contributed by atoms with Gasteiger partial charge in [0.1, 0.15) is 0 Å². The third kappa shape index (κ3) is 2.18. The van der Waals surface area contributed by atoms with Crippen LogP contribution in [0.25, 0.3) is 0 Å². The van der Waals surface area contributed by atoms with Crippen molar-refractivity contribution >= 4 is 5.97 Å². The molecule has 0 saturated carbocycles. The van der Waals surface area contributed by atoms with Crippen molar-refractivity contribution in [3.05, 3.63) is 25.0 Å². The Morgan fingerprint density at radius 1 is 1.88 bits per heavy atom. The van der Waals surface area contributed by atoms with Crippen LogP contribution in [0.1, 0.15) is 6.92 Å². The Bertz CT molecular complexity index is 124. The molecule has 1 radical (unpaired) electrons. The van der Waals surface area contributed by atoms with E-state index in [0.29, 0.717) is 5.57 Å². The molecule has 0 aromatic rings. The maximum atomic E-state index is 10.3. The first-order valence-corrected chi connectivity index (χ1v) is 2.08. The molecular weight excluding hydrogens is 104 g/mol. The molecule has 0 unspecified atom stereocenters. The summed E-state index contributed by atoms with van der Waals surface area (Å²) in [4.78, 5) is 10.3. The second-order valence-electron chi connectivity index (χ2n) is 1.32. The van der Waals surface area contributed by atoms with Crippen LogP contribution in [0.5, 0.6) is 0 Å². The molecule has 0 bridgehead atoms. The molecule has 0 aliphatic carbocycles. The Kier molecular flexibility index (Phi) is 2.62. The molecule has 0 aliphatic heterocycles. The fraction of sp³-hybridized carbons (Fsp3) is 0.167. The lowest BCUT2D eigenvalue weighted by atomic mass is 10.4. The van der Waals surface area contributed by atoms with Gasteiger partial charge in [0.05, 0.1) is 6.26 Å². The van der Waals surface area contributed by atoms with Gasteiger partial charge in [-0.05, 0) is 13.5 Å². The van der Waals surface area contributed by atoms with E-state index in [1.807, 2.05) is 0 Å². The van der Waals surface area contributed by atoms with Crippen molar-refractivity contribution in [2.75, 3.05) is 0 Å². The highest BCUT2D eigenvalue weighted by atomic mass is 16.5. The van der Waals surface area contributed by atoms with Crippen LogP contribution in [-0.2, 0) is 9.53 Å². The summed E-state index contributed by atoms with van der Waals surface area (Å²) in [6.45, 7) is 9.63. The van der Waals surface area contributed by atoms with Crippen molar-refractivity contribution in [2.24, 2.45) is 0 Å². The summed E-state index contributed by atoms with van der Waals surface area (Å²) in [6, 6.07) is 0. The predicted molar refractivity (Wildman–Crippen MR) is 29.8 cm³/mol. The molecular formula is C6H7O2. The highest BCUT2D eigenvalue weighted by molar-refractivity contribution is 5.87. The zero-order valence-corrected chi connectivity index (χ0v) is 4.68. The Morgan fingerprint density at radius 3 is 2.50 bits per heavy atom. The molecule has 2 heteroatoms. The van der Waals surface area contributed by atoms with E-state index in [4.69, 9.17) is 6.58 Å². The summed E-state index contributed by atoms with van der Waals surface area (Å²) in [5.74, 6) is -0.493. The fourth-order valence-corrected chi connectivity index (χ4v) is 0.162. The monoisotopic (exact) mass is 111 g/mol. The molecule has 0 saturated heterocycles. The smallest absolute Gasteiger partial charge is 0.337 e. The van der Waals surface area contributed by atoms with E-state index < -0.39 is 5.97 Å². The second kappa shape index (κ2) is 3.02. The molecule has 0 aliphatic rings. The summed E-state index contributed by atoms with van der Waals surface area (Å²) in [6.07, 6.45) is 0.830. The van der Waals surface area contributed by atoms with Gasteiger partial charge in [-0.2, -0.15) is 0 Å². The average molecular weight is 111 g/mol.